The summed E-state index contributed by atoms with van der Waals surface area (Å²) in [6.07, 6.45) is 3.19. The highest BCUT2D eigenvalue weighted by molar-refractivity contribution is 5.93. The van der Waals surface area contributed by atoms with Crippen molar-refractivity contribution in [3.8, 4) is 11.5 Å². The van der Waals surface area contributed by atoms with Gasteiger partial charge in [-0.3, -0.25) is 9.59 Å². The van der Waals surface area contributed by atoms with Gasteiger partial charge in [0.1, 0.15) is 23.5 Å². The molecule has 1 N–H and O–H groups in total. The van der Waals surface area contributed by atoms with E-state index < -0.39 is 34.5 Å². The molecule has 2 fully saturated rings. The Morgan fingerprint density at radius 1 is 1.31 bits per heavy atom. The molecule has 136 valence electrons. The normalized spacial score (nSPS) is 24.7. The van der Waals surface area contributed by atoms with Gasteiger partial charge in [0.15, 0.2) is 5.69 Å². The van der Waals surface area contributed by atoms with Gasteiger partial charge < -0.3 is 14.4 Å². The lowest BCUT2D eigenvalue weighted by atomic mass is 9.81. The largest absolute Gasteiger partial charge is 0.481 e. The molecule has 2 aromatic rings. The van der Waals surface area contributed by atoms with Crippen LogP contribution in [0.1, 0.15) is 29.8 Å². The molecular formula is C18H16F2N2O4. The minimum atomic E-state index is -0.903. The molecule has 1 aromatic heterocycles. The third-order valence-electron chi connectivity index (χ3n) is 5.48. The second-order valence-corrected chi connectivity index (χ2v) is 6.87. The Labute approximate surface area is 147 Å². The number of hydrogen-bond donors (Lipinski definition) is 1. The number of halogens is 2. The van der Waals surface area contributed by atoms with Crippen LogP contribution in [0.15, 0.2) is 28.9 Å². The molecule has 1 saturated heterocycles. The van der Waals surface area contributed by atoms with Gasteiger partial charge in [-0.25, -0.2) is 13.8 Å². The number of benzene rings is 1. The number of aliphatic carboxylic acids is 1. The molecule has 4 rings (SSSR count). The lowest BCUT2D eigenvalue weighted by Crippen LogP contribution is -2.37. The molecule has 8 heteroatoms. The quantitative estimate of drug-likeness (QED) is 0.908. The number of amides is 1. The predicted octanol–water partition coefficient (Wildman–Crippen LogP) is 2.95. The number of fused-ring (bicyclic) bond motifs is 1. The maximum Gasteiger partial charge on any atom is 0.311 e. The van der Waals surface area contributed by atoms with Gasteiger partial charge in [-0.1, -0.05) is 12.5 Å². The summed E-state index contributed by atoms with van der Waals surface area (Å²) in [5.41, 5.74) is -1.44. The first-order valence-corrected chi connectivity index (χ1v) is 8.35. The average Bonchev–Trinajstić information content (AvgIpc) is 3.28. The van der Waals surface area contributed by atoms with Gasteiger partial charge in [0, 0.05) is 13.1 Å². The maximum atomic E-state index is 13.8. The number of rotatable bonds is 3. The van der Waals surface area contributed by atoms with Gasteiger partial charge in [0.25, 0.3) is 5.91 Å². The van der Waals surface area contributed by atoms with Crippen molar-refractivity contribution in [2.45, 2.75) is 19.3 Å². The molecule has 2 aliphatic rings. The maximum absolute atomic E-state index is 13.8. The van der Waals surface area contributed by atoms with E-state index >= 15 is 0 Å². The van der Waals surface area contributed by atoms with Crippen molar-refractivity contribution >= 4 is 11.9 Å². The first kappa shape index (κ1) is 16.7. The van der Waals surface area contributed by atoms with E-state index in [2.05, 4.69) is 4.98 Å². The van der Waals surface area contributed by atoms with Crippen LogP contribution in [0.3, 0.4) is 0 Å². The first-order chi connectivity index (χ1) is 12.4. The molecule has 1 saturated carbocycles. The summed E-state index contributed by atoms with van der Waals surface area (Å²) < 4.78 is 32.8. The molecule has 1 amide bonds. The third kappa shape index (κ3) is 2.40. The Morgan fingerprint density at radius 2 is 2.04 bits per heavy atom. The number of carboxylic acids is 1. The predicted molar refractivity (Wildman–Crippen MR) is 85.2 cm³/mol. The minimum absolute atomic E-state index is 0.0840. The number of carboxylic acid groups (broad SMARTS) is 1. The molecule has 1 aliphatic carbocycles. The van der Waals surface area contributed by atoms with Crippen molar-refractivity contribution < 1.29 is 27.9 Å². The molecule has 1 aromatic carbocycles. The minimum Gasteiger partial charge on any atom is -0.481 e. The average molecular weight is 362 g/mol. The monoisotopic (exact) mass is 362 g/mol. The topological polar surface area (TPSA) is 83.6 Å². The smallest absolute Gasteiger partial charge is 0.311 e. The van der Waals surface area contributed by atoms with Crippen molar-refractivity contribution in [1.29, 1.82) is 0 Å². The van der Waals surface area contributed by atoms with Crippen LogP contribution in [0.5, 0.6) is 0 Å². The molecular weight excluding hydrogens is 346 g/mol. The second kappa shape index (κ2) is 5.89. The molecule has 2 atom stereocenters. The summed E-state index contributed by atoms with van der Waals surface area (Å²) in [7, 11) is 0. The lowest BCUT2D eigenvalue weighted by Gasteiger charge is -2.22. The van der Waals surface area contributed by atoms with Crippen LogP contribution in [0.2, 0.25) is 0 Å². The highest BCUT2D eigenvalue weighted by atomic mass is 19.1. The molecule has 0 unspecified atom stereocenters. The summed E-state index contributed by atoms with van der Waals surface area (Å²) in [5.74, 6) is -3.47. The molecule has 6 nitrogen and oxygen atoms in total. The fraction of sp³-hybridized carbons (Fsp3) is 0.389. The number of oxazole rings is 1. The van der Waals surface area contributed by atoms with Crippen LogP contribution in [-0.4, -0.2) is 40.0 Å². The van der Waals surface area contributed by atoms with E-state index in [0.29, 0.717) is 13.0 Å². The standard InChI is InChI=1S/C18H16F2N2O4/c19-11-4-1-5-12(20)14(11)15-21-13(8-26-15)16(23)22-7-10-3-2-6-18(10,9-22)17(24)25/h1,4-5,8,10H,2-3,6-7,9H2,(H,24,25)/t10-,18+/m0/s1. The number of likely N-dealkylation sites (tertiary alicyclic amines) is 1. The zero-order chi connectivity index (χ0) is 18.5. The number of carbonyl (C=O) groups excluding carboxylic acids is 1. The number of aromatic nitrogens is 1. The number of carbonyl (C=O) groups is 2. The number of hydrogen-bond acceptors (Lipinski definition) is 4. The summed E-state index contributed by atoms with van der Waals surface area (Å²) in [4.78, 5) is 29.8. The first-order valence-electron chi connectivity index (χ1n) is 8.35. The fourth-order valence-corrected chi connectivity index (χ4v) is 4.14. The van der Waals surface area contributed by atoms with Gasteiger partial charge in [-0.05, 0) is 30.9 Å². The van der Waals surface area contributed by atoms with E-state index in [-0.39, 0.29) is 24.0 Å². The number of nitrogens with zero attached hydrogens (tertiary/aromatic N) is 2. The summed E-state index contributed by atoms with van der Waals surface area (Å²) in [6, 6.07) is 3.36. The Morgan fingerprint density at radius 3 is 2.69 bits per heavy atom. The SMILES string of the molecule is O=C(c1coc(-c2c(F)cccc2F)n1)N1C[C@@H]2CCC[C@@]2(C(=O)O)C1. The van der Waals surface area contributed by atoms with E-state index in [1.54, 1.807) is 0 Å². The van der Waals surface area contributed by atoms with Crippen molar-refractivity contribution in [3.63, 3.8) is 0 Å². The molecule has 2 heterocycles. The van der Waals surface area contributed by atoms with Crippen LogP contribution >= 0.6 is 0 Å². The molecule has 0 spiro atoms. The van der Waals surface area contributed by atoms with Gasteiger partial charge in [0.2, 0.25) is 5.89 Å². The van der Waals surface area contributed by atoms with Gasteiger partial charge >= 0.3 is 5.97 Å². The molecule has 26 heavy (non-hydrogen) atoms. The van der Waals surface area contributed by atoms with Crippen LogP contribution in [0, 0.1) is 23.0 Å². The zero-order valence-corrected chi connectivity index (χ0v) is 13.7. The summed E-state index contributed by atoms with van der Waals surface area (Å²) in [5, 5.41) is 9.60. The van der Waals surface area contributed by atoms with Crippen LogP contribution in [0.25, 0.3) is 11.5 Å². The van der Waals surface area contributed by atoms with E-state index in [4.69, 9.17) is 4.42 Å². The lowest BCUT2D eigenvalue weighted by molar-refractivity contribution is -0.149. The molecule has 0 bridgehead atoms. The van der Waals surface area contributed by atoms with Gasteiger partial charge in [-0.15, -0.1) is 0 Å². The Bertz CT molecular complexity index is 877. The van der Waals surface area contributed by atoms with Crippen molar-refractivity contribution in [2.75, 3.05) is 13.1 Å². The van der Waals surface area contributed by atoms with Crippen LogP contribution < -0.4 is 0 Å². The highest BCUT2D eigenvalue weighted by Crippen LogP contribution is 2.49. The highest BCUT2D eigenvalue weighted by Gasteiger charge is 2.56. The fourth-order valence-electron chi connectivity index (χ4n) is 4.14. The van der Waals surface area contributed by atoms with Crippen molar-refractivity contribution in [2.24, 2.45) is 11.3 Å². The summed E-state index contributed by atoms with van der Waals surface area (Å²) >= 11 is 0. The Kier molecular flexibility index (Phi) is 3.78. The van der Waals surface area contributed by atoms with Gasteiger partial charge in [0.05, 0.1) is 5.41 Å². The van der Waals surface area contributed by atoms with Crippen LogP contribution in [0.4, 0.5) is 8.78 Å². The van der Waals surface area contributed by atoms with Crippen LogP contribution in [-0.2, 0) is 4.79 Å². The van der Waals surface area contributed by atoms with Gasteiger partial charge in [-0.2, -0.15) is 0 Å². The Balaban J connectivity index is 1.59. The van der Waals surface area contributed by atoms with E-state index in [0.717, 1.165) is 31.2 Å². The Hall–Kier alpha value is -2.77. The van der Waals surface area contributed by atoms with Crippen molar-refractivity contribution in [1.82, 2.24) is 9.88 Å². The zero-order valence-electron chi connectivity index (χ0n) is 13.7. The van der Waals surface area contributed by atoms with E-state index in [1.165, 1.54) is 11.0 Å². The molecule has 1 aliphatic heterocycles. The second-order valence-electron chi connectivity index (χ2n) is 6.87. The van der Waals surface area contributed by atoms with Crippen molar-refractivity contribution in [3.05, 3.63) is 41.8 Å². The third-order valence-corrected chi connectivity index (χ3v) is 5.48. The summed E-state index contributed by atoms with van der Waals surface area (Å²) in [6.45, 7) is 0.448. The van der Waals surface area contributed by atoms with E-state index in [1.807, 2.05) is 0 Å². The molecule has 0 radical (unpaired) electrons. The van der Waals surface area contributed by atoms with E-state index in [9.17, 15) is 23.5 Å².